The van der Waals surface area contributed by atoms with Crippen molar-refractivity contribution >= 4 is 17.5 Å². The smallest absolute Gasteiger partial charge is 0.272 e. The first kappa shape index (κ1) is 12.4. The molecular weight excluding hydrogens is 240 g/mol. The Balaban J connectivity index is 1.93. The van der Waals surface area contributed by atoms with Crippen molar-refractivity contribution in [2.24, 2.45) is 7.05 Å². The van der Waals surface area contributed by atoms with Crippen LogP contribution in [-0.4, -0.2) is 64.1 Å². The van der Waals surface area contributed by atoms with Gasteiger partial charge in [-0.2, -0.15) is 5.10 Å². The van der Waals surface area contributed by atoms with Gasteiger partial charge < -0.3 is 4.90 Å². The SMILES string of the molecule is Cn1nccc1C(=O)N1CCN(CCCl)CC1. The maximum absolute atomic E-state index is 12.2. The number of hydrogen-bond donors (Lipinski definition) is 0. The number of alkyl halides is 1. The highest BCUT2D eigenvalue weighted by atomic mass is 35.5. The van der Waals surface area contributed by atoms with Crippen molar-refractivity contribution in [2.45, 2.75) is 0 Å². The van der Waals surface area contributed by atoms with Gasteiger partial charge in [-0.1, -0.05) is 0 Å². The van der Waals surface area contributed by atoms with Gasteiger partial charge in [-0.15, -0.1) is 11.6 Å². The van der Waals surface area contributed by atoms with Crippen molar-refractivity contribution in [3.63, 3.8) is 0 Å². The number of amides is 1. The monoisotopic (exact) mass is 256 g/mol. The molecule has 1 aromatic rings. The normalized spacial score (nSPS) is 17.4. The quantitative estimate of drug-likeness (QED) is 0.736. The van der Waals surface area contributed by atoms with Gasteiger partial charge in [0.25, 0.3) is 5.91 Å². The molecule has 1 aliphatic heterocycles. The summed E-state index contributed by atoms with van der Waals surface area (Å²) in [7, 11) is 1.79. The van der Waals surface area contributed by atoms with Crippen molar-refractivity contribution in [2.75, 3.05) is 38.6 Å². The summed E-state index contributed by atoms with van der Waals surface area (Å²) in [6, 6.07) is 1.76. The van der Waals surface area contributed by atoms with E-state index >= 15 is 0 Å². The highest BCUT2D eigenvalue weighted by Crippen LogP contribution is 2.07. The fourth-order valence-electron chi connectivity index (χ4n) is 2.04. The van der Waals surface area contributed by atoms with E-state index in [4.69, 9.17) is 11.6 Å². The Morgan fingerprint density at radius 1 is 1.41 bits per heavy atom. The van der Waals surface area contributed by atoms with Gasteiger partial charge in [-0.25, -0.2) is 0 Å². The Hall–Kier alpha value is -1.07. The number of carbonyl (C=O) groups is 1. The van der Waals surface area contributed by atoms with Gasteiger partial charge in [-0.05, 0) is 6.07 Å². The van der Waals surface area contributed by atoms with E-state index in [2.05, 4.69) is 10.00 Å². The second kappa shape index (κ2) is 5.51. The zero-order valence-corrected chi connectivity index (χ0v) is 10.7. The summed E-state index contributed by atoms with van der Waals surface area (Å²) in [5.74, 6) is 0.714. The van der Waals surface area contributed by atoms with E-state index in [0.29, 0.717) is 11.6 Å². The molecule has 94 valence electrons. The summed E-state index contributed by atoms with van der Waals surface area (Å²) in [6.07, 6.45) is 1.65. The maximum Gasteiger partial charge on any atom is 0.272 e. The third-order valence-electron chi connectivity index (χ3n) is 3.10. The minimum Gasteiger partial charge on any atom is -0.335 e. The lowest BCUT2D eigenvalue weighted by molar-refractivity contribution is 0.0633. The summed E-state index contributed by atoms with van der Waals surface area (Å²) < 4.78 is 1.62. The van der Waals surface area contributed by atoms with E-state index in [0.717, 1.165) is 32.7 Å². The minimum atomic E-state index is 0.0653. The van der Waals surface area contributed by atoms with Crippen molar-refractivity contribution in [3.8, 4) is 0 Å². The third kappa shape index (κ3) is 2.79. The first-order chi connectivity index (χ1) is 8.22. The molecule has 0 unspecified atom stereocenters. The lowest BCUT2D eigenvalue weighted by Gasteiger charge is -2.34. The van der Waals surface area contributed by atoms with Gasteiger partial charge in [0.15, 0.2) is 0 Å². The van der Waals surface area contributed by atoms with Gasteiger partial charge in [0.2, 0.25) is 0 Å². The van der Waals surface area contributed by atoms with Crippen LogP contribution in [0.3, 0.4) is 0 Å². The third-order valence-corrected chi connectivity index (χ3v) is 3.27. The molecule has 0 radical (unpaired) electrons. The molecule has 0 N–H and O–H groups in total. The van der Waals surface area contributed by atoms with Crippen molar-refractivity contribution in [3.05, 3.63) is 18.0 Å². The van der Waals surface area contributed by atoms with E-state index < -0.39 is 0 Å². The molecule has 0 aliphatic carbocycles. The molecule has 0 bridgehead atoms. The number of hydrogen-bond acceptors (Lipinski definition) is 3. The predicted octanol–water partition coefficient (Wildman–Crippen LogP) is 0.417. The number of rotatable bonds is 3. The average Bonchev–Trinajstić information content (AvgIpc) is 2.76. The van der Waals surface area contributed by atoms with Gasteiger partial charge in [0.1, 0.15) is 5.69 Å². The number of piperazine rings is 1. The zero-order chi connectivity index (χ0) is 12.3. The van der Waals surface area contributed by atoms with E-state index in [9.17, 15) is 4.79 Å². The standard InChI is InChI=1S/C11H17ClN4O/c1-14-10(2-4-13-14)11(17)16-8-6-15(5-3-12)7-9-16/h2,4H,3,5-9H2,1H3. The van der Waals surface area contributed by atoms with Crippen LogP contribution in [0.5, 0.6) is 0 Å². The molecule has 5 nitrogen and oxygen atoms in total. The maximum atomic E-state index is 12.2. The molecular formula is C11H17ClN4O. The first-order valence-corrected chi connectivity index (χ1v) is 6.31. The Morgan fingerprint density at radius 3 is 2.65 bits per heavy atom. The van der Waals surface area contributed by atoms with Gasteiger partial charge in [0.05, 0.1) is 0 Å². The van der Waals surface area contributed by atoms with Crippen LogP contribution in [0.25, 0.3) is 0 Å². The molecule has 6 heteroatoms. The number of aromatic nitrogens is 2. The van der Waals surface area contributed by atoms with E-state index in [1.807, 2.05) is 4.90 Å². The molecule has 1 fully saturated rings. The first-order valence-electron chi connectivity index (χ1n) is 5.78. The van der Waals surface area contributed by atoms with Crippen LogP contribution in [0, 0.1) is 0 Å². The molecule has 1 aromatic heterocycles. The van der Waals surface area contributed by atoms with Gasteiger partial charge in [0, 0.05) is 51.8 Å². The van der Waals surface area contributed by atoms with Crippen molar-refractivity contribution in [1.82, 2.24) is 19.6 Å². The summed E-state index contributed by atoms with van der Waals surface area (Å²) in [5, 5.41) is 4.02. The molecule has 1 amide bonds. The molecule has 0 aromatic carbocycles. The molecule has 17 heavy (non-hydrogen) atoms. The Bertz CT molecular complexity index is 385. The van der Waals surface area contributed by atoms with Crippen LogP contribution in [0.2, 0.25) is 0 Å². The lowest BCUT2D eigenvalue weighted by Crippen LogP contribution is -2.49. The fraction of sp³-hybridized carbons (Fsp3) is 0.636. The topological polar surface area (TPSA) is 41.4 Å². The molecule has 2 heterocycles. The summed E-state index contributed by atoms with van der Waals surface area (Å²) in [5.41, 5.74) is 0.649. The van der Waals surface area contributed by atoms with Crippen LogP contribution < -0.4 is 0 Å². The Kier molecular flexibility index (Phi) is 4.02. The fourth-order valence-corrected chi connectivity index (χ4v) is 2.28. The van der Waals surface area contributed by atoms with E-state index in [-0.39, 0.29) is 5.91 Å². The Labute approximate surface area is 106 Å². The van der Waals surface area contributed by atoms with Gasteiger partial charge >= 0.3 is 0 Å². The highest BCUT2D eigenvalue weighted by Gasteiger charge is 2.23. The number of nitrogens with zero attached hydrogens (tertiary/aromatic N) is 4. The number of halogens is 1. The van der Waals surface area contributed by atoms with E-state index in [1.54, 1.807) is 24.0 Å². The second-order valence-electron chi connectivity index (χ2n) is 4.16. The second-order valence-corrected chi connectivity index (χ2v) is 4.54. The van der Waals surface area contributed by atoms with Crippen LogP contribution >= 0.6 is 11.6 Å². The number of carbonyl (C=O) groups excluding carboxylic acids is 1. The van der Waals surface area contributed by atoms with Crippen LogP contribution in [0.15, 0.2) is 12.3 Å². The average molecular weight is 257 g/mol. The minimum absolute atomic E-state index is 0.0653. The summed E-state index contributed by atoms with van der Waals surface area (Å²) in [6.45, 7) is 4.23. The van der Waals surface area contributed by atoms with Crippen LogP contribution in [0.4, 0.5) is 0 Å². The molecule has 1 saturated heterocycles. The van der Waals surface area contributed by atoms with Gasteiger partial charge in [-0.3, -0.25) is 14.4 Å². The van der Waals surface area contributed by atoms with Crippen molar-refractivity contribution in [1.29, 1.82) is 0 Å². The largest absolute Gasteiger partial charge is 0.335 e. The van der Waals surface area contributed by atoms with Crippen molar-refractivity contribution < 1.29 is 4.79 Å². The molecule has 2 rings (SSSR count). The summed E-state index contributed by atoms with van der Waals surface area (Å²) in [4.78, 5) is 16.3. The summed E-state index contributed by atoms with van der Waals surface area (Å²) >= 11 is 5.70. The number of aryl methyl sites for hydroxylation is 1. The molecule has 0 atom stereocenters. The molecule has 0 spiro atoms. The zero-order valence-electron chi connectivity index (χ0n) is 9.97. The lowest BCUT2D eigenvalue weighted by atomic mass is 10.3. The highest BCUT2D eigenvalue weighted by molar-refractivity contribution is 6.18. The molecule has 0 saturated carbocycles. The molecule has 1 aliphatic rings. The predicted molar refractivity (Wildman–Crippen MR) is 66.3 cm³/mol. The Morgan fingerprint density at radius 2 is 2.12 bits per heavy atom. The van der Waals surface area contributed by atoms with E-state index in [1.165, 1.54) is 0 Å². The van der Waals surface area contributed by atoms with Crippen LogP contribution in [-0.2, 0) is 7.05 Å². The van der Waals surface area contributed by atoms with Crippen LogP contribution in [0.1, 0.15) is 10.5 Å².